The number of anilines is 1. The fourth-order valence-electron chi connectivity index (χ4n) is 3.17. The Hall–Kier alpha value is -1.68. The van der Waals surface area contributed by atoms with Crippen LogP contribution in [-0.2, 0) is 24.3 Å². The molecule has 8 nitrogen and oxygen atoms in total. The Morgan fingerprint density at radius 1 is 1.29 bits per heavy atom. The standard InChI is InChI=1S/C18H24ClN3O5S/c1-21(18(24)13-3-2-4-13)12-17(23)20-14-5-6-15(19)16(11-14)28(25,26)22-7-9-27-10-8-22/h5-6,11,13H,2-4,7-10,12H2,1H3,(H,20,23). The molecule has 0 aromatic heterocycles. The number of rotatable bonds is 6. The lowest BCUT2D eigenvalue weighted by molar-refractivity contribution is -0.139. The number of halogens is 1. The number of carbonyl (C=O) groups excluding carboxylic acids is 2. The van der Waals surface area contributed by atoms with Gasteiger partial charge in [0.25, 0.3) is 0 Å². The second-order valence-electron chi connectivity index (χ2n) is 7.03. The number of nitrogens with one attached hydrogen (secondary N) is 1. The minimum atomic E-state index is -3.79. The van der Waals surface area contributed by atoms with Crippen LogP contribution in [0.3, 0.4) is 0 Å². The van der Waals surface area contributed by atoms with Crippen molar-refractivity contribution in [1.29, 1.82) is 0 Å². The molecule has 0 spiro atoms. The molecule has 1 saturated heterocycles. The van der Waals surface area contributed by atoms with Crippen molar-refractivity contribution in [2.24, 2.45) is 5.92 Å². The summed E-state index contributed by atoms with van der Waals surface area (Å²) in [6, 6.07) is 4.32. The van der Waals surface area contributed by atoms with Gasteiger partial charge in [-0.1, -0.05) is 18.0 Å². The minimum Gasteiger partial charge on any atom is -0.379 e. The number of likely N-dealkylation sites (N-methyl/N-ethyl adjacent to an activating group) is 1. The van der Waals surface area contributed by atoms with Gasteiger partial charge in [-0.3, -0.25) is 9.59 Å². The maximum atomic E-state index is 12.8. The number of ether oxygens (including phenoxy) is 1. The second-order valence-corrected chi connectivity index (χ2v) is 9.35. The summed E-state index contributed by atoms with van der Waals surface area (Å²) >= 11 is 6.12. The monoisotopic (exact) mass is 429 g/mol. The first kappa shape index (κ1) is 21.0. The molecule has 1 heterocycles. The van der Waals surface area contributed by atoms with Crippen LogP contribution in [0.2, 0.25) is 5.02 Å². The third-order valence-electron chi connectivity index (χ3n) is 5.01. The van der Waals surface area contributed by atoms with Crippen molar-refractivity contribution in [3.05, 3.63) is 23.2 Å². The number of amides is 2. The van der Waals surface area contributed by atoms with Crippen LogP contribution in [0, 0.1) is 5.92 Å². The average molecular weight is 430 g/mol. The van der Waals surface area contributed by atoms with Crippen molar-refractivity contribution >= 4 is 39.1 Å². The molecular weight excluding hydrogens is 406 g/mol. The normalized spacial score (nSPS) is 18.4. The van der Waals surface area contributed by atoms with E-state index in [0.29, 0.717) is 18.9 Å². The highest BCUT2D eigenvalue weighted by Crippen LogP contribution is 2.29. The number of hydrogen-bond donors (Lipinski definition) is 1. The zero-order valence-electron chi connectivity index (χ0n) is 15.7. The van der Waals surface area contributed by atoms with Crippen LogP contribution in [0.4, 0.5) is 5.69 Å². The molecular formula is C18H24ClN3O5S. The predicted octanol–water partition coefficient (Wildman–Crippen LogP) is 1.56. The number of carbonyl (C=O) groups is 2. The van der Waals surface area contributed by atoms with E-state index >= 15 is 0 Å². The SMILES string of the molecule is CN(CC(=O)Nc1ccc(Cl)c(S(=O)(=O)N2CCOCC2)c1)C(=O)C1CCC1. The number of hydrogen-bond acceptors (Lipinski definition) is 5. The van der Waals surface area contributed by atoms with Gasteiger partial charge in [0.2, 0.25) is 21.8 Å². The highest BCUT2D eigenvalue weighted by atomic mass is 35.5. The summed E-state index contributed by atoms with van der Waals surface area (Å²) in [6.07, 6.45) is 2.77. The van der Waals surface area contributed by atoms with Crippen LogP contribution >= 0.6 is 11.6 Å². The number of nitrogens with zero attached hydrogens (tertiary/aromatic N) is 2. The molecule has 2 amide bonds. The lowest BCUT2D eigenvalue weighted by atomic mass is 9.84. The van der Waals surface area contributed by atoms with Gasteiger partial charge in [0.05, 0.1) is 24.8 Å². The fraction of sp³-hybridized carbons (Fsp3) is 0.556. The van der Waals surface area contributed by atoms with E-state index in [0.717, 1.165) is 19.3 Å². The van der Waals surface area contributed by atoms with Gasteiger partial charge >= 0.3 is 0 Å². The Balaban J connectivity index is 1.68. The first-order valence-corrected chi connectivity index (χ1v) is 11.0. The van der Waals surface area contributed by atoms with Crippen molar-refractivity contribution in [1.82, 2.24) is 9.21 Å². The molecule has 2 fully saturated rings. The summed E-state index contributed by atoms with van der Waals surface area (Å²) in [5, 5.41) is 2.73. The fourth-order valence-corrected chi connectivity index (χ4v) is 5.07. The summed E-state index contributed by atoms with van der Waals surface area (Å²) in [4.78, 5) is 25.8. The number of morpholine rings is 1. The van der Waals surface area contributed by atoms with Crippen LogP contribution in [0.5, 0.6) is 0 Å². The van der Waals surface area contributed by atoms with Crippen molar-refractivity contribution in [2.45, 2.75) is 24.2 Å². The smallest absolute Gasteiger partial charge is 0.244 e. The van der Waals surface area contributed by atoms with E-state index in [1.165, 1.54) is 27.4 Å². The molecule has 1 aromatic rings. The minimum absolute atomic E-state index is 0.0126. The highest BCUT2D eigenvalue weighted by Gasteiger charge is 2.30. The van der Waals surface area contributed by atoms with Crippen molar-refractivity contribution in [2.75, 3.05) is 45.2 Å². The molecule has 2 aliphatic rings. The van der Waals surface area contributed by atoms with Crippen LogP contribution in [0.1, 0.15) is 19.3 Å². The third kappa shape index (κ3) is 4.65. The van der Waals surface area contributed by atoms with E-state index in [1.807, 2.05) is 0 Å². The van der Waals surface area contributed by atoms with Gasteiger partial charge in [-0.05, 0) is 31.0 Å². The van der Waals surface area contributed by atoms with E-state index in [-0.39, 0.29) is 41.4 Å². The molecule has 0 bridgehead atoms. The Kier molecular flexibility index (Phi) is 6.59. The quantitative estimate of drug-likeness (QED) is 0.740. The molecule has 1 N–H and O–H groups in total. The first-order valence-electron chi connectivity index (χ1n) is 9.21. The van der Waals surface area contributed by atoms with Gasteiger partial charge in [-0.15, -0.1) is 0 Å². The highest BCUT2D eigenvalue weighted by molar-refractivity contribution is 7.89. The lowest BCUT2D eigenvalue weighted by Gasteiger charge is -2.29. The van der Waals surface area contributed by atoms with Crippen LogP contribution in [0.15, 0.2) is 23.1 Å². The Labute approximate surface area is 169 Å². The van der Waals surface area contributed by atoms with Gasteiger partial charge in [0.1, 0.15) is 4.90 Å². The van der Waals surface area contributed by atoms with Gasteiger partial charge in [-0.25, -0.2) is 8.42 Å². The molecule has 0 unspecified atom stereocenters. The van der Waals surface area contributed by atoms with Crippen molar-refractivity contribution in [3.8, 4) is 0 Å². The molecule has 1 aromatic carbocycles. The summed E-state index contributed by atoms with van der Waals surface area (Å²) in [6.45, 7) is 1.07. The van der Waals surface area contributed by atoms with Gasteiger partial charge in [0, 0.05) is 31.7 Å². The first-order chi connectivity index (χ1) is 13.3. The van der Waals surface area contributed by atoms with Crippen LogP contribution in [-0.4, -0.2) is 69.3 Å². The molecule has 1 aliphatic carbocycles. The van der Waals surface area contributed by atoms with Crippen molar-refractivity contribution in [3.63, 3.8) is 0 Å². The Morgan fingerprint density at radius 3 is 2.57 bits per heavy atom. The van der Waals surface area contributed by atoms with Crippen molar-refractivity contribution < 1.29 is 22.7 Å². The summed E-state index contributed by atoms with van der Waals surface area (Å²) < 4.78 is 32.2. The molecule has 0 radical (unpaired) electrons. The average Bonchev–Trinajstić information content (AvgIpc) is 2.62. The molecule has 10 heteroatoms. The second kappa shape index (κ2) is 8.77. The van der Waals surface area contributed by atoms with Crippen LogP contribution in [0.25, 0.3) is 0 Å². The molecule has 1 aliphatic heterocycles. The molecule has 1 saturated carbocycles. The number of benzene rings is 1. The van der Waals surface area contributed by atoms with E-state index in [4.69, 9.17) is 16.3 Å². The maximum Gasteiger partial charge on any atom is 0.244 e. The predicted molar refractivity (Wildman–Crippen MR) is 105 cm³/mol. The lowest BCUT2D eigenvalue weighted by Crippen LogP contribution is -2.41. The van der Waals surface area contributed by atoms with E-state index in [9.17, 15) is 18.0 Å². The van der Waals surface area contributed by atoms with Gasteiger partial charge in [0.15, 0.2) is 0 Å². The molecule has 28 heavy (non-hydrogen) atoms. The zero-order valence-corrected chi connectivity index (χ0v) is 17.3. The summed E-state index contributed by atoms with van der Waals surface area (Å²) in [5.74, 6) is -0.418. The van der Waals surface area contributed by atoms with E-state index in [1.54, 1.807) is 7.05 Å². The maximum absolute atomic E-state index is 12.8. The third-order valence-corrected chi connectivity index (χ3v) is 7.39. The van der Waals surface area contributed by atoms with Crippen LogP contribution < -0.4 is 5.32 Å². The largest absolute Gasteiger partial charge is 0.379 e. The Morgan fingerprint density at radius 2 is 1.96 bits per heavy atom. The van der Waals surface area contributed by atoms with Gasteiger partial charge < -0.3 is 15.0 Å². The zero-order chi connectivity index (χ0) is 20.3. The summed E-state index contributed by atoms with van der Waals surface area (Å²) in [5.41, 5.74) is 0.311. The number of sulfonamides is 1. The van der Waals surface area contributed by atoms with E-state index in [2.05, 4.69) is 5.32 Å². The molecule has 3 rings (SSSR count). The summed E-state index contributed by atoms with van der Waals surface area (Å²) in [7, 11) is -2.20. The molecule has 0 atom stereocenters. The van der Waals surface area contributed by atoms with E-state index < -0.39 is 15.9 Å². The van der Waals surface area contributed by atoms with Gasteiger partial charge in [-0.2, -0.15) is 4.31 Å². The topological polar surface area (TPSA) is 96.0 Å². The molecule has 154 valence electrons. The Bertz CT molecular complexity index is 851.